The van der Waals surface area contributed by atoms with Crippen LogP contribution in [0.4, 0.5) is 4.79 Å². The largest absolute Gasteiger partial charge is 0.464 e. The molecule has 0 aliphatic carbocycles. The molecule has 142 valence electrons. The van der Waals surface area contributed by atoms with E-state index in [1.54, 1.807) is 26.8 Å². The zero-order valence-electron chi connectivity index (χ0n) is 15.6. The van der Waals surface area contributed by atoms with Crippen molar-refractivity contribution in [1.29, 1.82) is 0 Å². The van der Waals surface area contributed by atoms with Gasteiger partial charge in [0.05, 0.1) is 7.11 Å². The number of nitrogens with one attached hydrogen (secondary N) is 2. The zero-order chi connectivity index (χ0) is 19.6. The summed E-state index contributed by atoms with van der Waals surface area (Å²) in [5, 5.41) is 4.78. The first-order valence-electron chi connectivity index (χ1n) is 8.30. The lowest BCUT2D eigenvalue weighted by atomic mass is 10.1. The first kappa shape index (κ1) is 21.2. The van der Waals surface area contributed by atoms with Crippen LogP contribution < -0.4 is 10.6 Å². The molecule has 0 atom stereocenters. The van der Waals surface area contributed by atoms with Crippen molar-refractivity contribution in [2.45, 2.75) is 39.2 Å². The Morgan fingerprint density at radius 1 is 1.12 bits per heavy atom. The SMILES string of the molecule is COC(=O)/C(=C\CCc1ccccc1)NC(=O)CNC(=O)OC(C)(C)C. The molecular formula is C19H26N2O5. The summed E-state index contributed by atoms with van der Waals surface area (Å²) in [4.78, 5) is 35.3. The number of allylic oxidation sites excluding steroid dienone is 1. The van der Waals surface area contributed by atoms with E-state index in [1.165, 1.54) is 7.11 Å². The van der Waals surface area contributed by atoms with E-state index in [2.05, 4.69) is 15.4 Å². The van der Waals surface area contributed by atoms with Gasteiger partial charge in [0, 0.05) is 0 Å². The Balaban J connectivity index is 2.55. The third-order valence-corrected chi connectivity index (χ3v) is 3.10. The van der Waals surface area contributed by atoms with E-state index >= 15 is 0 Å². The molecular weight excluding hydrogens is 336 g/mol. The molecule has 1 aromatic rings. The molecule has 0 saturated heterocycles. The van der Waals surface area contributed by atoms with Crippen LogP contribution in [0.1, 0.15) is 32.8 Å². The number of esters is 1. The fourth-order valence-electron chi connectivity index (χ4n) is 1.98. The predicted molar refractivity (Wildman–Crippen MR) is 97.2 cm³/mol. The smallest absolute Gasteiger partial charge is 0.408 e. The van der Waals surface area contributed by atoms with E-state index in [9.17, 15) is 14.4 Å². The van der Waals surface area contributed by atoms with Crippen molar-refractivity contribution >= 4 is 18.0 Å². The second-order valence-corrected chi connectivity index (χ2v) is 6.54. The third-order valence-electron chi connectivity index (χ3n) is 3.10. The molecule has 0 fully saturated rings. The molecule has 7 heteroatoms. The molecule has 2 N–H and O–H groups in total. The van der Waals surface area contributed by atoms with Gasteiger partial charge in [-0.05, 0) is 39.2 Å². The van der Waals surface area contributed by atoms with Crippen LogP contribution >= 0.6 is 0 Å². The van der Waals surface area contributed by atoms with Gasteiger partial charge in [-0.2, -0.15) is 0 Å². The van der Waals surface area contributed by atoms with E-state index in [1.807, 2.05) is 30.3 Å². The summed E-state index contributed by atoms with van der Waals surface area (Å²) in [6, 6.07) is 9.76. The number of benzene rings is 1. The van der Waals surface area contributed by atoms with Crippen molar-refractivity contribution in [3.8, 4) is 0 Å². The molecule has 0 radical (unpaired) electrons. The molecule has 0 heterocycles. The van der Waals surface area contributed by atoms with Crippen LogP contribution in [0.5, 0.6) is 0 Å². The Morgan fingerprint density at radius 2 is 1.77 bits per heavy atom. The standard InChI is InChI=1S/C19H26N2O5/c1-19(2,3)26-18(24)20-13-16(22)21-15(17(23)25-4)12-8-11-14-9-6-5-7-10-14/h5-7,9-10,12H,8,11,13H2,1-4H3,(H,20,24)(H,21,22)/b15-12+. The molecule has 1 rings (SSSR count). The Bertz CT molecular complexity index is 648. The number of carbonyl (C=O) groups excluding carboxylic acids is 3. The second kappa shape index (κ2) is 10.2. The minimum absolute atomic E-state index is 0.0411. The van der Waals surface area contributed by atoms with Crippen LogP contribution in [0.3, 0.4) is 0 Å². The zero-order valence-corrected chi connectivity index (χ0v) is 15.6. The minimum Gasteiger partial charge on any atom is -0.464 e. The highest BCUT2D eigenvalue weighted by Crippen LogP contribution is 2.07. The highest BCUT2D eigenvalue weighted by molar-refractivity contribution is 5.94. The maximum atomic E-state index is 11.9. The first-order valence-corrected chi connectivity index (χ1v) is 8.30. The summed E-state index contributed by atoms with van der Waals surface area (Å²) in [6.45, 7) is 4.84. The fraction of sp³-hybridized carbons (Fsp3) is 0.421. The van der Waals surface area contributed by atoms with Crippen molar-refractivity contribution < 1.29 is 23.9 Å². The maximum Gasteiger partial charge on any atom is 0.408 e. The summed E-state index contributed by atoms with van der Waals surface area (Å²) in [7, 11) is 1.23. The summed E-state index contributed by atoms with van der Waals surface area (Å²) >= 11 is 0. The number of alkyl carbamates (subject to hydrolysis) is 1. The lowest BCUT2D eigenvalue weighted by molar-refractivity contribution is -0.137. The van der Waals surface area contributed by atoms with Crippen LogP contribution in [0.25, 0.3) is 0 Å². The van der Waals surface area contributed by atoms with Gasteiger partial charge >= 0.3 is 12.1 Å². The van der Waals surface area contributed by atoms with Crippen molar-refractivity contribution in [3.05, 3.63) is 47.7 Å². The molecule has 0 saturated carbocycles. The number of carbonyl (C=O) groups is 3. The van der Waals surface area contributed by atoms with Crippen molar-refractivity contribution in [1.82, 2.24) is 10.6 Å². The predicted octanol–water partition coefficient (Wildman–Crippen LogP) is 2.32. The minimum atomic E-state index is -0.708. The van der Waals surface area contributed by atoms with Crippen LogP contribution in [-0.4, -0.2) is 37.2 Å². The lowest BCUT2D eigenvalue weighted by Gasteiger charge is -2.19. The van der Waals surface area contributed by atoms with E-state index in [0.29, 0.717) is 12.8 Å². The summed E-state index contributed by atoms with van der Waals surface area (Å²) < 4.78 is 9.71. The fourth-order valence-corrected chi connectivity index (χ4v) is 1.98. The van der Waals surface area contributed by atoms with Crippen molar-refractivity contribution in [2.75, 3.05) is 13.7 Å². The number of aryl methyl sites for hydroxylation is 1. The van der Waals surface area contributed by atoms with Gasteiger partial charge in [-0.3, -0.25) is 4.79 Å². The Morgan fingerprint density at radius 3 is 2.35 bits per heavy atom. The normalized spacial score (nSPS) is 11.5. The third kappa shape index (κ3) is 8.86. The highest BCUT2D eigenvalue weighted by atomic mass is 16.6. The molecule has 26 heavy (non-hydrogen) atoms. The van der Waals surface area contributed by atoms with Crippen LogP contribution in [0.15, 0.2) is 42.1 Å². The van der Waals surface area contributed by atoms with Gasteiger partial charge < -0.3 is 20.1 Å². The van der Waals surface area contributed by atoms with Crippen LogP contribution in [0, 0.1) is 0 Å². The average molecular weight is 362 g/mol. The van der Waals surface area contributed by atoms with Gasteiger partial charge in [0.2, 0.25) is 5.91 Å². The van der Waals surface area contributed by atoms with Gasteiger partial charge in [-0.25, -0.2) is 9.59 Å². The van der Waals surface area contributed by atoms with Crippen LogP contribution in [-0.2, 0) is 25.5 Å². The topological polar surface area (TPSA) is 93.7 Å². The number of hydrogen-bond donors (Lipinski definition) is 2. The molecule has 0 aliphatic heterocycles. The summed E-state index contributed by atoms with van der Waals surface area (Å²) in [5.74, 6) is -1.20. The first-order chi connectivity index (χ1) is 12.2. The highest BCUT2D eigenvalue weighted by Gasteiger charge is 2.18. The number of methoxy groups -OCH3 is 1. The van der Waals surface area contributed by atoms with E-state index in [-0.39, 0.29) is 12.2 Å². The van der Waals surface area contributed by atoms with Gasteiger partial charge in [0.15, 0.2) is 0 Å². The number of amides is 2. The summed E-state index contributed by atoms with van der Waals surface area (Å²) in [5.41, 5.74) is 0.500. The molecule has 2 amide bonds. The van der Waals surface area contributed by atoms with E-state index in [0.717, 1.165) is 5.56 Å². The summed E-state index contributed by atoms with van der Waals surface area (Å²) in [6.07, 6.45) is 2.16. The van der Waals surface area contributed by atoms with Crippen molar-refractivity contribution in [3.63, 3.8) is 0 Å². The quantitative estimate of drug-likeness (QED) is 0.573. The maximum absolute atomic E-state index is 11.9. The van der Waals surface area contributed by atoms with Gasteiger partial charge in [0.25, 0.3) is 0 Å². The van der Waals surface area contributed by atoms with Gasteiger partial charge in [0.1, 0.15) is 17.8 Å². The molecule has 7 nitrogen and oxygen atoms in total. The van der Waals surface area contributed by atoms with Gasteiger partial charge in [-0.1, -0.05) is 36.4 Å². The van der Waals surface area contributed by atoms with Crippen molar-refractivity contribution in [2.24, 2.45) is 0 Å². The average Bonchev–Trinajstić information content (AvgIpc) is 2.58. The number of rotatable bonds is 7. The van der Waals surface area contributed by atoms with Crippen LogP contribution in [0.2, 0.25) is 0 Å². The monoisotopic (exact) mass is 362 g/mol. The Kier molecular flexibility index (Phi) is 8.34. The molecule has 1 aromatic carbocycles. The molecule has 0 aromatic heterocycles. The molecule has 0 unspecified atom stereocenters. The Labute approximate surface area is 153 Å². The lowest BCUT2D eigenvalue weighted by Crippen LogP contribution is -2.40. The molecule has 0 bridgehead atoms. The molecule has 0 spiro atoms. The van der Waals surface area contributed by atoms with E-state index < -0.39 is 23.6 Å². The number of ether oxygens (including phenoxy) is 2. The Hall–Kier alpha value is -2.83. The molecule has 0 aliphatic rings. The van der Waals surface area contributed by atoms with E-state index in [4.69, 9.17) is 4.74 Å². The second-order valence-electron chi connectivity index (χ2n) is 6.54. The number of hydrogen-bond acceptors (Lipinski definition) is 5. The van der Waals surface area contributed by atoms with Gasteiger partial charge in [-0.15, -0.1) is 0 Å².